The van der Waals surface area contributed by atoms with Crippen LogP contribution in [-0.4, -0.2) is 50.0 Å². The normalized spacial score (nSPS) is 13.3. The summed E-state index contributed by atoms with van der Waals surface area (Å²) in [4.78, 5) is 39.4. The van der Waals surface area contributed by atoms with Crippen molar-refractivity contribution in [1.29, 1.82) is 0 Å². The van der Waals surface area contributed by atoms with Gasteiger partial charge in [0.15, 0.2) is 0 Å². The first kappa shape index (κ1) is 36.7. The Bertz CT molecular complexity index is 1310. The van der Waals surface area contributed by atoms with E-state index in [0.717, 1.165) is 23.3 Å². The maximum atomic E-state index is 13.7. The van der Waals surface area contributed by atoms with E-state index < -0.39 is 48.3 Å². The molecule has 3 N–H and O–H groups in total. The number of esters is 1. The Balaban J connectivity index is 0.00000645. The van der Waals surface area contributed by atoms with Crippen molar-refractivity contribution in [1.82, 2.24) is 16.0 Å². The molecule has 0 saturated carbocycles. The molecule has 0 aliphatic heterocycles. The van der Waals surface area contributed by atoms with Crippen molar-refractivity contribution < 1.29 is 83.5 Å². The standard InChI is InChI=1S/C31H36BF3N3O4.K/c1-21(2)28(31(41)42-3)38-30(40)27(19-23-12-8-5-9-13-23)37-29(39)26(18-22-10-6-4-7-11-22)36-20-24-14-16-25(17-15-24)32(33,34)35;/h4-17,21,26-28,36H,18-20H2,1-3H3,(H,37,39)(H,38,40);/q-1;+1/t26-,27-,28-;/m0./s1. The molecule has 7 nitrogen and oxygen atoms in total. The van der Waals surface area contributed by atoms with Crippen LogP contribution in [0.3, 0.4) is 0 Å². The van der Waals surface area contributed by atoms with Crippen molar-refractivity contribution >= 4 is 30.2 Å². The van der Waals surface area contributed by atoms with Gasteiger partial charge < -0.3 is 33.6 Å². The van der Waals surface area contributed by atoms with Crippen LogP contribution < -0.4 is 72.8 Å². The Morgan fingerprint density at radius 3 is 1.67 bits per heavy atom. The van der Waals surface area contributed by atoms with Crippen LogP contribution in [0.25, 0.3) is 0 Å². The van der Waals surface area contributed by atoms with E-state index in [0.29, 0.717) is 5.56 Å². The number of ether oxygens (including phenoxy) is 1. The number of hydrogen-bond acceptors (Lipinski definition) is 5. The predicted octanol–water partition coefficient (Wildman–Crippen LogP) is 0.487. The molecule has 0 bridgehead atoms. The molecule has 0 radical (unpaired) electrons. The zero-order valence-electron chi connectivity index (χ0n) is 24.9. The number of carbonyl (C=O) groups is 3. The molecule has 0 heterocycles. The second-order valence-corrected chi connectivity index (χ2v) is 10.4. The van der Waals surface area contributed by atoms with E-state index in [2.05, 4.69) is 16.0 Å². The summed E-state index contributed by atoms with van der Waals surface area (Å²) in [6.07, 6.45) is 0.440. The first-order valence-corrected chi connectivity index (χ1v) is 13.8. The van der Waals surface area contributed by atoms with Gasteiger partial charge in [-0.05, 0) is 29.0 Å². The predicted molar refractivity (Wildman–Crippen MR) is 157 cm³/mol. The van der Waals surface area contributed by atoms with E-state index in [1.54, 1.807) is 13.8 Å². The van der Waals surface area contributed by atoms with Gasteiger partial charge in [-0.15, -0.1) is 5.46 Å². The van der Waals surface area contributed by atoms with Crippen LogP contribution in [0.1, 0.15) is 30.5 Å². The maximum absolute atomic E-state index is 13.7. The minimum atomic E-state index is -5.11. The van der Waals surface area contributed by atoms with Gasteiger partial charge in [-0.3, -0.25) is 9.59 Å². The summed E-state index contributed by atoms with van der Waals surface area (Å²) < 4.78 is 44.0. The number of nitrogens with one attached hydrogen (secondary N) is 3. The van der Waals surface area contributed by atoms with Crippen molar-refractivity contribution in [2.75, 3.05) is 7.11 Å². The SMILES string of the molecule is COC(=O)[C@@H](NC(=O)[C@H](Cc1ccccc1)NC(=O)[C@H](Cc1ccccc1)NCc1ccc([B-](F)(F)F)cc1)C(C)C.[K+]. The van der Waals surface area contributed by atoms with Gasteiger partial charge in [-0.1, -0.05) is 98.8 Å². The largest absolute Gasteiger partial charge is 1.00 e. The molecule has 3 atom stereocenters. The molecule has 0 fully saturated rings. The summed E-state index contributed by atoms with van der Waals surface area (Å²) in [7, 11) is 1.24. The Morgan fingerprint density at radius 1 is 0.721 bits per heavy atom. The molecular weight excluding hydrogens is 585 g/mol. The number of amides is 2. The third-order valence-electron chi connectivity index (χ3n) is 6.84. The smallest absolute Gasteiger partial charge is 0.467 e. The summed E-state index contributed by atoms with van der Waals surface area (Å²) in [5.74, 6) is -1.86. The average Bonchev–Trinajstić information content (AvgIpc) is 2.97. The van der Waals surface area contributed by atoms with Crippen molar-refractivity contribution in [3.8, 4) is 0 Å². The molecule has 0 aromatic heterocycles. The Morgan fingerprint density at radius 2 is 1.21 bits per heavy atom. The van der Waals surface area contributed by atoms with Crippen LogP contribution in [-0.2, 0) is 38.5 Å². The van der Waals surface area contributed by atoms with E-state index in [-0.39, 0.29) is 76.7 Å². The molecule has 3 rings (SSSR count). The average molecular weight is 622 g/mol. The zero-order chi connectivity index (χ0) is 30.7. The Labute approximate surface area is 293 Å². The van der Waals surface area contributed by atoms with Crippen LogP contribution in [0.4, 0.5) is 12.9 Å². The van der Waals surface area contributed by atoms with E-state index in [9.17, 15) is 27.3 Å². The van der Waals surface area contributed by atoms with Gasteiger partial charge in [0, 0.05) is 13.0 Å². The summed E-state index contributed by atoms with van der Waals surface area (Å²) in [5.41, 5.74) is 1.53. The fourth-order valence-corrected chi connectivity index (χ4v) is 4.41. The fraction of sp³-hybridized carbons (Fsp3) is 0.323. The minimum Gasteiger partial charge on any atom is -0.467 e. The van der Waals surface area contributed by atoms with Gasteiger partial charge in [0.1, 0.15) is 12.1 Å². The molecule has 3 aromatic carbocycles. The van der Waals surface area contributed by atoms with Crippen molar-refractivity contribution in [3.63, 3.8) is 0 Å². The molecule has 0 aliphatic carbocycles. The minimum absolute atomic E-state index is 0. The number of rotatable bonds is 14. The van der Waals surface area contributed by atoms with E-state index in [4.69, 9.17) is 4.74 Å². The van der Waals surface area contributed by atoms with Gasteiger partial charge in [0.05, 0.1) is 13.2 Å². The molecule has 0 aliphatic rings. The Hall–Kier alpha value is -2.48. The van der Waals surface area contributed by atoms with Crippen LogP contribution in [0, 0.1) is 5.92 Å². The van der Waals surface area contributed by atoms with E-state index in [1.165, 1.54) is 19.2 Å². The van der Waals surface area contributed by atoms with Crippen LogP contribution in [0.15, 0.2) is 84.9 Å². The van der Waals surface area contributed by atoms with E-state index in [1.807, 2.05) is 60.7 Å². The van der Waals surface area contributed by atoms with Crippen LogP contribution in [0.5, 0.6) is 0 Å². The molecular formula is C31H36BF3KN3O4. The van der Waals surface area contributed by atoms with Gasteiger partial charge in [-0.2, -0.15) is 0 Å². The number of halogens is 3. The molecule has 43 heavy (non-hydrogen) atoms. The summed E-state index contributed by atoms with van der Waals surface area (Å²) in [5, 5.41) is 8.70. The summed E-state index contributed by atoms with van der Waals surface area (Å²) in [6.45, 7) is -1.43. The molecule has 224 valence electrons. The first-order valence-electron chi connectivity index (χ1n) is 13.8. The molecule has 0 spiro atoms. The van der Waals surface area contributed by atoms with Gasteiger partial charge in [0.25, 0.3) is 0 Å². The number of hydrogen-bond donors (Lipinski definition) is 3. The summed E-state index contributed by atoms with van der Waals surface area (Å²) >= 11 is 0. The van der Waals surface area contributed by atoms with Gasteiger partial charge >= 0.3 is 64.3 Å². The van der Waals surface area contributed by atoms with Gasteiger partial charge in [-0.25, -0.2) is 4.79 Å². The molecule has 12 heteroatoms. The van der Waals surface area contributed by atoms with Crippen molar-refractivity contribution in [2.45, 2.75) is 51.4 Å². The molecule has 2 amide bonds. The van der Waals surface area contributed by atoms with Crippen molar-refractivity contribution in [2.24, 2.45) is 5.92 Å². The van der Waals surface area contributed by atoms with Gasteiger partial charge in [0.2, 0.25) is 11.8 Å². The number of carbonyl (C=O) groups excluding carboxylic acids is 3. The fourth-order valence-electron chi connectivity index (χ4n) is 4.41. The maximum Gasteiger partial charge on any atom is 1.00 e. The third kappa shape index (κ3) is 11.9. The topological polar surface area (TPSA) is 96.5 Å². The molecule has 0 unspecified atom stereocenters. The Kier molecular flexibility index (Phi) is 15.1. The quantitative estimate of drug-likeness (QED) is 0.180. The zero-order valence-corrected chi connectivity index (χ0v) is 28.0. The second-order valence-electron chi connectivity index (χ2n) is 10.4. The number of methoxy groups -OCH3 is 1. The van der Waals surface area contributed by atoms with Crippen LogP contribution in [0.2, 0.25) is 0 Å². The van der Waals surface area contributed by atoms with Crippen LogP contribution >= 0.6 is 0 Å². The second kappa shape index (κ2) is 17.7. The summed E-state index contributed by atoms with van der Waals surface area (Å²) in [6, 6.07) is 20.5. The van der Waals surface area contributed by atoms with E-state index >= 15 is 0 Å². The number of benzene rings is 3. The first-order chi connectivity index (χ1) is 20.0. The monoisotopic (exact) mass is 621 g/mol. The molecule has 0 saturated heterocycles. The third-order valence-corrected chi connectivity index (χ3v) is 6.84. The van der Waals surface area contributed by atoms with Crippen molar-refractivity contribution in [3.05, 3.63) is 102 Å². The molecule has 3 aromatic rings.